The van der Waals surface area contributed by atoms with Gasteiger partial charge in [0.05, 0.1) is 0 Å². The quantitative estimate of drug-likeness (QED) is 0.316. The van der Waals surface area contributed by atoms with Crippen LogP contribution in [0, 0.1) is 0 Å². The zero-order valence-electron chi connectivity index (χ0n) is 4.09. The summed E-state index contributed by atoms with van der Waals surface area (Å²) in [6.07, 6.45) is 0.703. The Kier molecular flexibility index (Phi) is 3.59. The van der Waals surface area contributed by atoms with E-state index in [9.17, 15) is 0 Å². The van der Waals surface area contributed by atoms with E-state index in [1.165, 1.54) is 0 Å². The Morgan fingerprint density at radius 1 is 2.00 bits per heavy atom. The molecule has 0 amide bonds. The predicted molar refractivity (Wildman–Crippen MR) is 28.4 cm³/mol. The lowest BCUT2D eigenvalue weighted by atomic mass is 10.6. The summed E-state index contributed by atoms with van der Waals surface area (Å²) >= 11 is 0. The molecule has 1 atom stereocenters. The van der Waals surface area contributed by atoms with Gasteiger partial charge in [0.25, 0.3) is 0 Å². The van der Waals surface area contributed by atoms with Crippen LogP contribution < -0.4 is 11.1 Å². The van der Waals surface area contributed by atoms with Crippen molar-refractivity contribution >= 4 is 0 Å². The molecule has 0 fully saturated rings. The molecule has 0 aliphatic heterocycles. The minimum atomic E-state index is -0.919. The van der Waals surface area contributed by atoms with Gasteiger partial charge < -0.3 is 5.11 Å². The minimum absolute atomic E-state index is 0.539. The van der Waals surface area contributed by atoms with Crippen molar-refractivity contribution in [1.29, 1.82) is 0 Å². The van der Waals surface area contributed by atoms with Gasteiger partial charge in [-0.2, -0.15) is 0 Å². The maximum Gasteiger partial charge on any atom is 0.158 e. The summed E-state index contributed by atoms with van der Waals surface area (Å²) in [7, 11) is 0. The summed E-state index contributed by atoms with van der Waals surface area (Å²) in [5, 5.41) is 10.8. The van der Waals surface area contributed by atoms with Crippen LogP contribution in [-0.2, 0) is 0 Å². The monoisotopic (exact) mass is 102 g/mol. The summed E-state index contributed by atoms with van der Waals surface area (Å²) in [4.78, 5) is 0. The average Bonchev–Trinajstić information content (AvgIpc) is 1.61. The Labute approximate surface area is 42.8 Å². The first-order chi connectivity index (χ1) is 3.27. The third-order valence-electron chi connectivity index (χ3n) is 0.471. The summed E-state index contributed by atoms with van der Waals surface area (Å²) in [6, 6.07) is 0. The first-order valence-electron chi connectivity index (χ1n) is 2.05. The second kappa shape index (κ2) is 3.80. The van der Waals surface area contributed by atoms with Gasteiger partial charge in [-0.25, -0.2) is 0 Å². The molecule has 0 saturated heterocycles. The van der Waals surface area contributed by atoms with Gasteiger partial charge >= 0.3 is 0 Å². The Hall–Kier alpha value is -0.380. The third kappa shape index (κ3) is 5.62. The summed E-state index contributed by atoms with van der Waals surface area (Å²) < 4.78 is 0. The van der Waals surface area contributed by atoms with E-state index < -0.39 is 6.35 Å². The number of aliphatic hydroxyl groups excluding tert-OH is 1. The van der Waals surface area contributed by atoms with Crippen molar-refractivity contribution < 1.29 is 5.11 Å². The maximum absolute atomic E-state index is 8.30. The van der Waals surface area contributed by atoms with Gasteiger partial charge in [-0.1, -0.05) is 6.08 Å². The van der Waals surface area contributed by atoms with E-state index in [0.29, 0.717) is 6.54 Å². The molecule has 0 heterocycles. The topological polar surface area (TPSA) is 58.3 Å². The van der Waals surface area contributed by atoms with E-state index >= 15 is 0 Å². The number of nitrogens with two attached hydrogens (primary N) is 1. The average molecular weight is 102 g/mol. The number of hydrogen-bond acceptors (Lipinski definition) is 3. The Morgan fingerprint density at radius 2 is 2.57 bits per heavy atom. The zero-order valence-corrected chi connectivity index (χ0v) is 4.09. The van der Waals surface area contributed by atoms with E-state index in [-0.39, 0.29) is 0 Å². The van der Waals surface area contributed by atoms with E-state index in [2.05, 4.69) is 11.9 Å². The molecule has 4 N–H and O–H groups in total. The van der Waals surface area contributed by atoms with Crippen molar-refractivity contribution in [1.82, 2.24) is 5.32 Å². The van der Waals surface area contributed by atoms with Crippen LogP contribution in [0.3, 0.4) is 0 Å². The highest BCUT2D eigenvalue weighted by Crippen LogP contribution is 1.59. The lowest BCUT2D eigenvalue weighted by Crippen LogP contribution is -2.36. The van der Waals surface area contributed by atoms with Gasteiger partial charge in [-0.05, 0) is 0 Å². The zero-order chi connectivity index (χ0) is 5.70. The van der Waals surface area contributed by atoms with Crippen molar-refractivity contribution in [3.05, 3.63) is 12.7 Å². The van der Waals surface area contributed by atoms with Crippen LogP contribution in [0.2, 0.25) is 0 Å². The summed E-state index contributed by atoms with van der Waals surface area (Å²) in [6.45, 7) is 3.94. The molecule has 0 rings (SSSR count). The second-order valence-corrected chi connectivity index (χ2v) is 1.14. The molecule has 0 aliphatic rings. The molecule has 0 aromatic rings. The van der Waals surface area contributed by atoms with Crippen LogP contribution in [0.5, 0.6) is 0 Å². The van der Waals surface area contributed by atoms with Gasteiger partial charge in [-0.3, -0.25) is 11.1 Å². The molecule has 7 heavy (non-hydrogen) atoms. The lowest BCUT2D eigenvalue weighted by molar-refractivity contribution is 0.149. The highest BCUT2D eigenvalue weighted by molar-refractivity contribution is 4.68. The molecule has 0 saturated carbocycles. The first kappa shape index (κ1) is 6.62. The smallest absolute Gasteiger partial charge is 0.158 e. The second-order valence-electron chi connectivity index (χ2n) is 1.14. The molecule has 3 nitrogen and oxygen atoms in total. The standard InChI is InChI=1S/C4H10N2O/c1-2-3-6-4(5)7/h2,4,6-7H,1,3,5H2. The highest BCUT2D eigenvalue weighted by Gasteiger charge is 1.85. The minimum Gasteiger partial charge on any atom is -0.366 e. The van der Waals surface area contributed by atoms with Crippen molar-refractivity contribution in [2.75, 3.05) is 6.54 Å². The molecule has 3 heteroatoms. The van der Waals surface area contributed by atoms with Crippen LogP contribution in [0.1, 0.15) is 0 Å². The molecule has 0 aromatic carbocycles. The van der Waals surface area contributed by atoms with E-state index in [0.717, 1.165) is 0 Å². The van der Waals surface area contributed by atoms with Crippen LogP contribution in [0.4, 0.5) is 0 Å². The molecular weight excluding hydrogens is 92.1 g/mol. The molecule has 0 bridgehead atoms. The molecule has 0 spiro atoms. The maximum atomic E-state index is 8.30. The lowest BCUT2D eigenvalue weighted by Gasteiger charge is -2.01. The summed E-state index contributed by atoms with van der Waals surface area (Å²) in [5.41, 5.74) is 4.88. The molecular formula is C4H10N2O. The molecule has 1 unspecified atom stereocenters. The predicted octanol–water partition coefficient (Wildman–Crippen LogP) is -1.00. The molecule has 42 valence electrons. The van der Waals surface area contributed by atoms with Gasteiger partial charge in [0.15, 0.2) is 6.35 Å². The normalized spacial score (nSPS) is 13.4. The van der Waals surface area contributed by atoms with E-state index in [1.54, 1.807) is 6.08 Å². The van der Waals surface area contributed by atoms with Crippen molar-refractivity contribution in [3.8, 4) is 0 Å². The van der Waals surface area contributed by atoms with Crippen LogP contribution >= 0.6 is 0 Å². The molecule has 0 aromatic heterocycles. The number of aliphatic hydroxyl groups is 1. The Bertz CT molecular complexity index is 53.7. The fraction of sp³-hybridized carbons (Fsp3) is 0.500. The van der Waals surface area contributed by atoms with Gasteiger partial charge in [0.2, 0.25) is 0 Å². The molecule has 0 radical (unpaired) electrons. The number of nitrogens with one attached hydrogen (secondary N) is 1. The third-order valence-corrected chi connectivity index (χ3v) is 0.471. The van der Waals surface area contributed by atoms with Crippen LogP contribution in [-0.4, -0.2) is 18.0 Å². The van der Waals surface area contributed by atoms with E-state index in [4.69, 9.17) is 10.8 Å². The molecule has 0 aliphatic carbocycles. The van der Waals surface area contributed by atoms with Gasteiger partial charge in [-0.15, -0.1) is 6.58 Å². The van der Waals surface area contributed by atoms with Crippen molar-refractivity contribution in [3.63, 3.8) is 0 Å². The van der Waals surface area contributed by atoms with E-state index in [1.807, 2.05) is 0 Å². The van der Waals surface area contributed by atoms with Crippen LogP contribution in [0.25, 0.3) is 0 Å². The van der Waals surface area contributed by atoms with Gasteiger partial charge in [0, 0.05) is 6.54 Å². The number of hydrogen-bond donors (Lipinski definition) is 3. The van der Waals surface area contributed by atoms with Gasteiger partial charge in [0.1, 0.15) is 0 Å². The van der Waals surface area contributed by atoms with Crippen molar-refractivity contribution in [2.24, 2.45) is 5.73 Å². The largest absolute Gasteiger partial charge is 0.366 e. The summed E-state index contributed by atoms with van der Waals surface area (Å²) in [5.74, 6) is 0. The van der Waals surface area contributed by atoms with Crippen LogP contribution in [0.15, 0.2) is 12.7 Å². The Balaban J connectivity index is 2.81. The number of rotatable bonds is 3. The Morgan fingerprint density at radius 3 is 2.71 bits per heavy atom. The fourth-order valence-electron chi connectivity index (χ4n) is 0.204. The SMILES string of the molecule is C=CCNC(N)O. The first-order valence-corrected chi connectivity index (χ1v) is 2.05. The van der Waals surface area contributed by atoms with Crippen molar-refractivity contribution in [2.45, 2.75) is 6.35 Å². The highest BCUT2D eigenvalue weighted by atomic mass is 16.3. The fourth-order valence-corrected chi connectivity index (χ4v) is 0.204.